The molecule has 4 rings (SSSR count). The van der Waals surface area contributed by atoms with Crippen molar-refractivity contribution in [1.82, 2.24) is 0 Å². The molecule has 1 heterocycles. The van der Waals surface area contributed by atoms with Gasteiger partial charge in [0.15, 0.2) is 0 Å². The van der Waals surface area contributed by atoms with E-state index in [0.717, 1.165) is 48.2 Å². The molecule has 1 saturated heterocycles. The fourth-order valence-corrected chi connectivity index (χ4v) is 5.07. The summed E-state index contributed by atoms with van der Waals surface area (Å²) in [4.78, 5) is 26.7. The van der Waals surface area contributed by atoms with Gasteiger partial charge in [-0.2, -0.15) is 0 Å². The lowest BCUT2D eigenvalue weighted by Crippen LogP contribution is -2.27. The molecule has 2 aromatic carbocycles. The highest BCUT2D eigenvalue weighted by Gasteiger charge is 2.34. The molecule has 0 spiro atoms. The van der Waals surface area contributed by atoms with E-state index >= 15 is 0 Å². The van der Waals surface area contributed by atoms with Gasteiger partial charge in [0, 0.05) is 17.3 Å². The minimum atomic E-state index is -0.0288. The number of anilines is 2. The van der Waals surface area contributed by atoms with Crippen LogP contribution in [0.3, 0.4) is 0 Å². The van der Waals surface area contributed by atoms with Crippen LogP contribution in [0.25, 0.3) is 0 Å². The van der Waals surface area contributed by atoms with Crippen LogP contribution in [0.1, 0.15) is 42.2 Å². The second kappa shape index (κ2) is 7.77. The summed E-state index contributed by atoms with van der Waals surface area (Å²) in [6.07, 6.45) is 4.30. The molecular weight excluding hydrogens is 356 g/mol. The molecule has 27 heavy (non-hydrogen) atoms. The van der Waals surface area contributed by atoms with Crippen molar-refractivity contribution in [2.24, 2.45) is 5.92 Å². The molecule has 1 N–H and O–H groups in total. The number of carbonyl (C=O) groups excluding carboxylic acids is 2. The van der Waals surface area contributed by atoms with E-state index in [4.69, 9.17) is 0 Å². The van der Waals surface area contributed by atoms with E-state index in [1.54, 1.807) is 11.8 Å². The first kappa shape index (κ1) is 18.1. The van der Waals surface area contributed by atoms with Gasteiger partial charge >= 0.3 is 0 Å². The van der Waals surface area contributed by atoms with Crippen molar-refractivity contribution in [3.8, 4) is 0 Å². The molecule has 2 aliphatic rings. The van der Waals surface area contributed by atoms with Crippen LogP contribution in [0.5, 0.6) is 0 Å². The van der Waals surface area contributed by atoms with Gasteiger partial charge in [-0.3, -0.25) is 14.5 Å². The normalized spacial score (nSPS) is 20.3. The van der Waals surface area contributed by atoms with Crippen LogP contribution in [0.2, 0.25) is 0 Å². The molecule has 140 valence electrons. The quantitative estimate of drug-likeness (QED) is 0.820. The molecule has 0 bridgehead atoms. The first-order valence-corrected chi connectivity index (χ1v) is 10.6. The summed E-state index contributed by atoms with van der Waals surface area (Å²) in [5.41, 5.74) is 3.98. The Morgan fingerprint density at radius 2 is 1.85 bits per heavy atom. The van der Waals surface area contributed by atoms with Crippen molar-refractivity contribution in [1.29, 1.82) is 0 Å². The summed E-state index contributed by atoms with van der Waals surface area (Å²) in [7, 11) is 0. The first-order chi connectivity index (χ1) is 13.1. The average molecular weight is 381 g/mol. The number of benzene rings is 2. The van der Waals surface area contributed by atoms with Crippen molar-refractivity contribution in [3.05, 3.63) is 59.7 Å². The zero-order valence-corrected chi connectivity index (χ0v) is 16.3. The van der Waals surface area contributed by atoms with E-state index in [1.807, 2.05) is 60.4 Å². The van der Waals surface area contributed by atoms with Crippen LogP contribution < -0.4 is 10.2 Å². The first-order valence-electron chi connectivity index (χ1n) is 9.53. The number of thioether (sulfide) groups is 1. The summed E-state index contributed by atoms with van der Waals surface area (Å²) in [6.45, 7) is 2.04. The van der Waals surface area contributed by atoms with E-state index in [0.29, 0.717) is 5.75 Å². The van der Waals surface area contributed by atoms with Gasteiger partial charge in [-0.15, -0.1) is 11.8 Å². The van der Waals surface area contributed by atoms with Gasteiger partial charge in [-0.05, 0) is 55.2 Å². The lowest BCUT2D eigenvalue weighted by Gasteiger charge is -2.25. The number of nitrogens with zero attached hydrogens (tertiary/aromatic N) is 1. The van der Waals surface area contributed by atoms with Crippen LogP contribution >= 0.6 is 11.8 Å². The summed E-state index contributed by atoms with van der Waals surface area (Å²) in [5, 5.41) is 3.01. The molecule has 0 aromatic heterocycles. The van der Waals surface area contributed by atoms with Crippen LogP contribution in [0.15, 0.2) is 48.5 Å². The lowest BCUT2D eigenvalue weighted by atomic mass is 10.1. The van der Waals surface area contributed by atoms with E-state index in [9.17, 15) is 9.59 Å². The molecular formula is C22H24N2O2S. The van der Waals surface area contributed by atoms with Gasteiger partial charge in [0.1, 0.15) is 5.37 Å². The Morgan fingerprint density at radius 3 is 2.56 bits per heavy atom. The number of hydrogen-bond acceptors (Lipinski definition) is 3. The molecule has 1 aliphatic heterocycles. The van der Waals surface area contributed by atoms with Gasteiger partial charge in [0.05, 0.1) is 5.75 Å². The minimum absolute atomic E-state index is 0.0288. The van der Waals surface area contributed by atoms with Crippen molar-refractivity contribution >= 4 is 35.0 Å². The molecule has 5 heteroatoms. The number of amides is 2. The topological polar surface area (TPSA) is 49.4 Å². The molecule has 4 nitrogen and oxygen atoms in total. The predicted molar refractivity (Wildman–Crippen MR) is 111 cm³/mol. The van der Waals surface area contributed by atoms with Crippen molar-refractivity contribution < 1.29 is 9.59 Å². The smallest absolute Gasteiger partial charge is 0.238 e. The van der Waals surface area contributed by atoms with E-state index in [2.05, 4.69) is 5.32 Å². The summed E-state index contributed by atoms with van der Waals surface area (Å²) in [6, 6.07) is 16.0. The Hall–Kier alpha value is -2.27. The second-order valence-corrected chi connectivity index (χ2v) is 8.43. The highest BCUT2D eigenvalue weighted by molar-refractivity contribution is 8.00. The molecule has 2 amide bonds. The highest BCUT2D eigenvalue weighted by atomic mass is 32.2. The largest absolute Gasteiger partial charge is 0.326 e. The molecule has 1 atom stereocenters. The number of aryl methyl sites for hydroxylation is 1. The fourth-order valence-electron chi connectivity index (χ4n) is 3.89. The lowest BCUT2D eigenvalue weighted by molar-refractivity contribution is -0.119. The number of carbonyl (C=O) groups is 2. The van der Waals surface area contributed by atoms with Crippen molar-refractivity contribution in [2.75, 3.05) is 16.0 Å². The second-order valence-electron chi connectivity index (χ2n) is 7.36. The predicted octanol–water partition coefficient (Wildman–Crippen LogP) is 4.90. The van der Waals surface area contributed by atoms with Gasteiger partial charge in [-0.25, -0.2) is 0 Å². The molecule has 2 fully saturated rings. The highest BCUT2D eigenvalue weighted by Crippen LogP contribution is 2.42. The molecule has 1 aliphatic carbocycles. The molecule has 0 unspecified atom stereocenters. The molecule has 2 aromatic rings. The molecule has 0 radical (unpaired) electrons. The summed E-state index contributed by atoms with van der Waals surface area (Å²) >= 11 is 1.64. The maximum Gasteiger partial charge on any atom is 0.238 e. The number of nitrogens with one attached hydrogen (secondary N) is 1. The third-order valence-electron chi connectivity index (χ3n) is 5.34. The molecule has 1 saturated carbocycles. The fraction of sp³-hybridized carbons (Fsp3) is 0.364. The Balaban J connectivity index is 1.50. The van der Waals surface area contributed by atoms with E-state index < -0.39 is 0 Å². The summed E-state index contributed by atoms with van der Waals surface area (Å²) in [5.74, 6) is 0.907. The Morgan fingerprint density at radius 1 is 1.11 bits per heavy atom. The van der Waals surface area contributed by atoms with Crippen LogP contribution in [0, 0.1) is 12.8 Å². The van der Waals surface area contributed by atoms with Crippen molar-refractivity contribution in [2.45, 2.75) is 38.0 Å². The Labute approximate surface area is 164 Å². The SMILES string of the molecule is Cc1cccc(N2C(=O)CS[C@H]2c2ccc(NC(=O)C3CCCC3)cc2)c1. The Kier molecular flexibility index (Phi) is 5.21. The van der Waals surface area contributed by atoms with Gasteiger partial charge in [-0.1, -0.05) is 37.1 Å². The van der Waals surface area contributed by atoms with Gasteiger partial charge in [0.2, 0.25) is 11.8 Å². The minimum Gasteiger partial charge on any atom is -0.326 e. The third kappa shape index (κ3) is 3.88. The standard InChI is InChI=1S/C22H24N2O2S/c1-15-5-4-8-19(13-15)24-20(25)14-27-22(24)17-9-11-18(12-10-17)23-21(26)16-6-2-3-7-16/h4-5,8-13,16,22H,2-3,6-7,14H2,1H3,(H,23,26)/t22-/m0/s1. The number of rotatable bonds is 4. The monoisotopic (exact) mass is 380 g/mol. The number of hydrogen-bond donors (Lipinski definition) is 1. The summed E-state index contributed by atoms with van der Waals surface area (Å²) < 4.78 is 0. The average Bonchev–Trinajstić information content (AvgIpc) is 3.32. The van der Waals surface area contributed by atoms with E-state index in [-0.39, 0.29) is 23.1 Å². The zero-order chi connectivity index (χ0) is 18.8. The van der Waals surface area contributed by atoms with Gasteiger partial charge in [0.25, 0.3) is 0 Å². The van der Waals surface area contributed by atoms with Gasteiger partial charge < -0.3 is 5.32 Å². The third-order valence-corrected chi connectivity index (χ3v) is 6.55. The Bertz CT molecular complexity index is 844. The maximum absolute atomic E-state index is 12.5. The maximum atomic E-state index is 12.5. The van der Waals surface area contributed by atoms with Crippen LogP contribution in [-0.4, -0.2) is 17.6 Å². The zero-order valence-electron chi connectivity index (χ0n) is 15.5. The van der Waals surface area contributed by atoms with Crippen molar-refractivity contribution in [3.63, 3.8) is 0 Å². The van der Waals surface area contributed by atoms with Crippen LogP contribution in [-0.2, 0) is 9.59 Å². The van der Waals surface area contributed by atoms with E-state index in [1.165, 1.54) is 0 Å². The van der Waals surface area contributed by atoms with Crippen LogP contribution in [0.4, 0.5) is 11.4 Å².